The maximum absolute atomic E-state index is 11.3. The summed E-state index contributed by atoms with van der Waals surface area (Å²) in [5.41, 5.74) is 0.155. The van der Waals surface area contributed by atoms with Crippen molar-refractivity contribution in [1.82, 2.24) is 4.90 Å². The molecule has 5 nitrogen and oxygen atoms in total. The molecule has 0 aromatic heterocycles. The lowest BCUT2D eigenvalue weighted by Gasteiger charge is -2.16. The van der Waals surface area contributed by atoms with Crippen LogP contribution in [-0.4, -0.2) is 48.8 Å². The summed E-state index contributed by atoms with van der Waals surface area (Å²) in [6, 6.07) is 4.96. The summed E-state index contributed by atoms with van der Waals surface area (Å²) in [6.45, 7) is 6.17. The summed E-state index contributed by atoms with van der Waals surface area (Å²) in [7, 11) is 0. The molecule has 1 aliphatic rings. The van der Waals surface area contributed by atoms with Crippen LogP contribution in [0.4, 0.5) is 0 Å². The van der Waals surface area contributed by atoms with E-state index in [2.05, 4.69) is 4.90 Å². The topological polar surface area (TPSA) is 59.0 Å². The van der Waals surface area contributed by atoms with Crippen molar-refractivity contribution in [2.45, 2.75) is 26.2 Å². The number of para-hydroxylation sites is 1. The zero-order chi connectivity index (χ0) is 15.1. The van der Waals surface area contributed by atoms with E-state index in [1.807, 2.05) is 6.92 Å². The van der Waals surface area contributed by atoms with Gasteiger partial charge in [-0.2, -0.15) is 0 Å². The van der Waals surface area contributed by atoms with E-state index in [9.17, 15) is 9.90 Å². The van der Waals surface area contributed by atoms with Crippen molar-refractivity contribution in [3.05, 3.63) is 23.8 Å². The Morgan fingerprint density at radius 1 is 1.29 bits per heavy atom. The first kappa shape index (κ1) is 15.6. The largest absolute Gasteiger partial charge is 0.490 e. The van der Waals surface area contributed by atoms with Crippen molar-refractivity contribution in [2.24, 2.45) is 0 Å². The van der Waals surface area contributed by atoms with Crippen LogP contribution in [0.5, 0.6) is 11.5 Å². The first-order valence-corrected chi connectivity index (χ1v) is 7.56. The molecule has 0 aliphatic carbocycles. The number of likely N-dealkylation sites (tertiary alicyclic amines) is 1. The van der Waals surface area contributed by atoms with Gasteiger partial charge in [0.25, 0.3) is 0 Å². The van der Waals surface area contributed by atoms with E-state index in [1.54, 1.807) is 18.2 Å². The second kappa shape index (κ2) is 7.88. The number of carboxylic acid groups (broad SMARTS) is 1. The van der Waals surface area contributed by atoms with Gasteiger partial charge in [-0.1, -0.05) is 6.07 Å². The van der Waals surface area contributed by atoms with Gasteiger partial charge in [-0.3, -0.25) is 0 Å². The van der Waals surface area contributed by atoms with Gasteiger partial charge in [-0.05, 0) is 51.4 Å². The maximum Gasteiger partial charge on any atom is 0.339 e. The van der Waals surface area contributed by atoms with Crippen LogP contribution in [0.3, 0.4) is 0 Å². The van der Waals surface area contributed by atoms with E-state index < -0.39 is 5.97 Å². The zero-order valence-electron chi connectivity index (χ0n) is 12.5. The molecule has 1 aromatic rings. The van der Waals surface area contributed by atoms with Crippen molar-refractivity contribution in [1.29, 1.82) is 0 Å². The van der Waals surface area contributed by atoms with Crippen LogP contribution in [0, 0.1) is 0 Å². The van der Waals surface area contributed by atoms with Crippen molar-refractivity contribution in [3.8, 4) is 11.5 Å². The maximum atomic E-state index is 11.3. The fourth-order valence-corrected chi connectivity index (χ4v) is 2.57. The highest BCUT2D eigenvalue weighted by atomic mass is 16.5. The van der Waals surface area contributed by atoms with E-state index in [0.29, 0.717) is 24.7 Å². The summed E-state index contributed by atoms with van der Waals surface area (Å²) in [5.74, 6) is -0.155. The Labute approximate surface area is 125 Å². The third-order valence-electron chi connectivity index (χ3n) is 3.57. The van der Waals surface area contributed by atoms with Gasteiger partial charge in [0.05, 0.1) is 13.2 Å². The third-order valence-corrected chi connectivity index (χ3v) is 3.57. The van der Waals surface area contributed by atoms with Gasteiger partial charge in [0.1, 0.15) is 5.56 Å². The number of hydrogen-bond donors (Lipinski definition) is 1. The number of benzene rings is 1. The molecule has 1 fully saturated rings. The minimum atomic E-state index is -0.994. The SMILES string of the molecule is CCOc1cccc(C(=O)O)c1OCCCN1CCCC1. The first-order chi connectivity index (χ1) is 10.2. The second-order valence-corrected chi connectivity index (χ2v) is 5.12. The van der Waals surface area contributed by atoms with Crippen LogP contribution >= 0.6 is 0 Å². The Kier molecular flexibility index (Phi) is 5.87. The minimum absolute atomic E-state index is 0.155. The molecule has 1 aliphatic heterocycles. The highest BCUT2D eigenvalue weighted by Gasteiger charge is 2.17. The molecule has 0 unspecified atom stereocenters. The lowest BCUT2D eigenvalue weighted by atomic mass is 10.2. The fraction of sp³-hybridized carbons (Fsp3) is 0.562. The van der Waals surface area contributed by atoms with E-state index in [0.717, 1.165) is 26.1 Å². The monoisotopic (exact) mass is 293 g/mol. The van der Waals surface area contributed by atoms with Crippen LogP contribution in [0.2, 0.25) is 0 Å². The molecule has 21 heavy (non-hydrogen) atoms. The molecule has 1 heterocycles. The molecular formula is C16H23NO4. The smallest absolute Gasteiger partial charge is 0.339 e. The number of hydrogen-bond acceptors (Lipinski definition) is 4. The van der Waals surface area contributed by atoms with E-state index in [4.69, 9.17) is 9.47 Å². The van der Waals surface area contributed by atoms with Crippen molar-refractivity contribution in [2.75, 3.05) is 32.8 Å². The van der Waals surface area contributed by atoms with Crippen molar-refractivity contribution >= 4 is 5.97 Å². The molecule has 0 amide bonds. The average Bonchev–Trinajstić information content (AvgIpc) is 2.98. The standard InChI is InChI=1S/C16H23NO4/c1-2-20-14-8-5-7-13(16(18)19)15(14)21-12-6-11-17-9-3-4-10-17/h5,7-8H,2-4,6,9-12H2,1H3,(H,18,19). The van der Waals surface area contributed by atoms with Crippen LogP contribution in [-0.2, 0) is 0 Å². The number of ether oxygens (including phenoxy) is 2. The molecule has 1 N–H and O–H groups in total. The molecule has 0 saturated carbocycles. The summed E-state index contributed by atoms with van der Waals surface area (Å²) in [6.07, 6.45) is 3.44. The summed E-state index contributed by atoms with van der Waals surface area (Å²) in [5, 5.41) is 9.24. The Morgan fingerprint density at radius 2 is 2.05 bits per heavy atom. The van der Waals surface area contributed by atoms with Gasteiger partial charge in [-0.15, -0.1) is 0 Å². The molecule has 1 aromatic carbocycles. The molecule has 116 valence electrons. The Balaban J connectivity index is 1.94. The highest BCUT2D eigenvalue weighted by molar-refractivity contribution is 5.92. The number of carbonyl (C=O) groups is 1. The summed E-state index contributed by atoms with van der Waals surface area (Å²) < 4.78 is 11.2. The van der Waals surface area contributed by atoms with Gasteiger partial charge < -0.3 is 19.5 Å². The lowest BCUT2D eigenvalue weighted by Crippen LogP contribution is -2.22. The van der Waals surface area contributed by atoms with Gasteiger partial charge in [0.2, 0.25) is 0 Å². The summed E-state index contributed by atoms with van der Waals surface area (Å²) >= 11 is 0. The molecule has 0 radical (unpaired) electrons. The van der Waals surface area contributed by atoms with E-state index in [1.165, 1.54) is 12.8 Å². The molecule has 0 spiro atoms. The zero-order valence-corrected chi connectivity index (χ0v) is 12.5. The average molecular weight is 293 g/mol. The van der Waals surface area contributed by atoms with Gasteiger partial charge in [-0.25, -0.2) is 4.79 Å². The van der Waals surface area contributed by atoms with E-state index >= 15 is 0 Å². The molecule has 0 bridgehead atoms. The number of rotatable bonds is 8. The van der Waals surface area contributed by atoms with Crippen molar-refractivity contribution in [3.63, 3.8) is 0 Å². The quantitative estimate of drug-likeness (QED) is 0.747. The number of carboxylic acids is 1. The van der Waals surface area contributed by atoms with Gasteiger partial charge >= 0.3 is 5.97 Å². The Bertz CT molecular complexity index is 469. The molecule has 0 atom stereocenters. The minimum Gasteiger partial charge on any atom is -0.490 e. The first-order valence-electron chi connectivity index (χ1n) is 7.56. The van der Waals surface area contributed by atoms with Crippen molar-refractivity contribution < 1.29 is 19.4 Å². The number of aromatic carboxylic acids is 1. The van der Waals surface area contributed by atoms with Gasteiger partial charge in [0.15, 0.2) is 11.5 Å². The molecule has 2 rings (SSSR count). The molecule has 5 heteroatoms. The second-order valence-electron chi connectivity index (χ2n) is 5.12. The number of nitrogens with zero attached hydrogens (tertiary/aromatic N) is 1. The molecule has 1 saturated heterocycles. The predicted molar refractivity (Wildman–Crippen MR) is 80.4 cm³/mol. The third kappa shape index (κ3) is 4.36. The Morgan fingerprint density at radius 3 is 2.71 bits per heavy atom. The van der Waals surface area contributed by atoms with Crippen LogP contribution in [0.25, 0.3) is 0 Å². The molecular weight excluding hydrogens is 270 g/mol. The highest BCUT2D eigenvalue weighted by Crippen LogP contribution is 2.31. The van der Waals surface area contributed by atoms with Crippen LogP contribution in [0.15, 0.2) is 18.2 Å². The van der Waals surface area contributed by atoms with Gasteiger partial charge in [0, 0.05) is 6.54 Å². The van der Waals surface area contributed by atoms with E-state index in [-0.39, 0.29) is 5.56 Å². The van der Waals surface area contributed by atoms with Crippen LogP contribution in [0.1, 0.15) is 36.5 Å². The normalized spacial score (nSPS) is 15.1. The van der Waals surface area contributed by atoms with Crippen LogP contribution < -0.4 is 9.47 Å². The summed E-state index contributed by atoms with van der Waals surface area (Å²) in [4.78, 5) is 13.7. The predicted octanol–water partition coefficient (Wildman–Crippen LogP) is 2.65. The lowest BCUT2D eigenvalue weighted by molar-refractivity contribution is 0.0691. The fourth-order valence-electron chi connectivity index (χ4n) is 2.57. The Hall–Kier alpha value is -1.75.